The first-order valence-corrected chi connectivity index (χ1v) is 7.75. The van der Waals surface area contributed by atoms with Crippen LogP contribution in [0.3, 0.4) is 0 Å². The largest absolute Gasteiger partial charge is 0.366 e. The Labute approximate surface area is 144 Å². The van der Waals surface area contributed by atoms with Crippen molar-refractivity contribution in [3.8, 4) is 0 Å². The first-order valence-electron chi connectivity index (χ1n) is 7.75. The third-order valence-corrected chi connectivity index (χ3v) is 3.98. The molecule has 1 atom stereocenters. The van der Waals surface area contributed by atoms with Crippen molar-refractivity contribution in [1.29, 1.82) is 0 Å². The van der Waals surface area contributed by atoms with E-state index < -0.39 is 23.2 Å². The Kier molecular flexibility index (Phi) is 4.43. The van der Waals surface area contributed by atoms with Gasteiger partial charge in [0.15, 0.2) is 5.54 Å². The molecule has 1 amide bonds. The standard InChI is InChI=1S/C19H16N2O4/c1-13(22)17(23)20-19(12-14-8-4-2-5-9-14)16(21-25-18(19)24)15-10-6-3-7-11-15/h2-11H,12H2,1H3,(H,20,23). The van der Waals surface area contributed by atoms with Crippen molar-refractivity contribution < 1.29 is 19.2 Å². The SMILES string of the molecule is CC(=O)C(=O)NC1(Cc2ccccc2)C(=O)ON=C1c1ccccc1. The van der Waals surface area contributed by atoms with Gasteiger partial charge in [0.2, 0.25) is 5.78 Å². The Morgan fingerprint density at radius 2 is 1.64 bits per heavy atom. The van der Waals surface area contributed by atoms with Crippen LogP contribution in [0.2, 0.25) is 0 Å². The summed E-state index contributed by atoms with van der Waals surface area (Å²) in [6, 6.07) is 18.1. The van der Waals surface area contributed by atoms with Crippen LogP contribution in [0.5, 0.6) is 0 Å². The molecular formula is C19H16N2O4. The minimum absolute atomic E-state index is 0.124. The first-order chi connectivity index (χ1) is 12.0. The Balaban J connectivity index is 2.08. The Bertz CT molecular complexity index is 846. The Morgan fingerprint density at radius 3 is 2.24 bits per heavy atom. The summed E-state index contributed by atoms with van der Waals surface area (Å²) in [4.78, 5) is 41.1. The van der Waals surface area contributed by atoms with E-state index in [1.807, 2.05) is 36.4 Å². The van der Waals surface area contributed by atoms with Gasteiger partial charge in [0.1, 0.15) is 5.71 Å². The summed E-state index contributed by atoms with van der Waals surface area (Å²) in [5, 5.41) is 6.44. The van der Waals surface area contributed by atoms with Gasteiger partial charge >= 0.3 is 5.97 Å². The van der Waals surface area contributed by atoms with E-state index in [0.29, 0.717) is 5.56 Å². The fourth-order valence-electron chi connectivity index (χ4n) is 2.73. The van der Waals surface area contributed by atoms with Gasteiger partial charge in [-0.15, -0.1) is 0 Å². The molecule has 0 spiro atoms. The van der Waals surface area contributed by atoms with Crippen LogP contribution in [-0.4, -0.2) is 28.9 Å². The van der Waals surface area contributed by atoms with E-state index in [1.54, 1.807) is 24.3 Å². The number of nitrogens with one attached hydrogen (secondary N) is 1. The molecule has 126 valence electrons. The topological polar surface area (TPSA) is 84.8 Å². The molecule has 1 heterocycles. The van der Waals surface area contributed by atoms with E-state index in [-0.39, 0.29) is 12.1 Å². The van der Waals surface area contributed by atoms with Crippen LogP contribution in [0.4, 0.5) is 0 Å². The summed E-state index contributed by atoms with van der Waals surface area (Å²) in [5.74, 6) is -2.28. The second kappa shape index (κ2) is 6.68. The van der Waals surface area contributed by atoms with Crippen molar-refractivity contribution >= 4 is 23.4 Å². The van der Waals surface area contributed by atoms with Crippen molar-refractivity contribution in [1.82, 2.24) is 5.32 Å². The van der Waals surface area contributed by atoms with E-state index >= 15 is 0 Å². The van der Waals surface area contributed by atoms with Crippen LogP contribution >= 0.6 is 0 Å². The molecule has 0 saturated heterocycles. The van der Waals surface area contributed by atoms with Crippen molar-refractivity contribution in [2.24, 2.45) is 5.16 Å². The number of rotatable bonds is 5. The highest BCUT2D eigenvalue weighted by Gasteiger charge is 2.52. The second-order valence-corrected chi connectivity index (χ2v) is 5.76. The molecule has 1 aliphatic rings. The third kappa shape index (κ3) is 3.19. The zero-order valence-corrected chi connectivity index (χ0v) is 13.6. The summed E-state index contributed by atoms with van der Waals surface area (Å²) in [6.07, 6.45) is 0.124. The lowest BCUT2D eigenvalue weighted by molar-refractivity contribution is -0.148. The highest BCUT2D eigenvalue weighted by molar-refractivity contribution is 6.37. The number of amides is 1. The van der Waals surface area contributed by atoms with Gasteiger partial charge in [-0.2, -0.15) is 0 Å². The van der Waals surface area contributed by atoms with Crippen molar-refractivity contribution in [3.63, 3.8) is 0 Å². The molecule has 0 radical (unpaired) electrons. The summed E-state index contributed by atoms with van der Waals surface area (Å²) in [7, 11) is 0. The Hall–Kier alpha value is -3.28. The molecule has 2 aromatic rings. The summed E-state index contributed by atoms with van der Waals surface area (Å²) in [5.41, 5.74) is 0.157. The van der Waals surface area contributed by atoms with E-state index in [0.717, 1.165) is 12.5 Å². The third-order valence-electron chi connectivity index (χ3n) is 3.98. The zero-order valence-electron chi connectivity index (χ0n) is 13.6. The predicted molar refractivity (Wildman–Crippen MR) is 90.8 cm³/mol. The fraction of sp³-hybridized carbons (Fsp3) is 0.158. The number of nitrogens with zero attached hydrogens (tertiary/aromatic N) is 1. The quantitative estimate of drug-likeness (QED) is 0.664. The molecule has 0 fully saturated rings. The molecule has 6 nitrogen and oxygen atoms in total. The molecular weight excluding hydrogens is 320 g/mol. The minimum Gasteiger partial charge on any atom is -0.328 e. The highest BCUT2D eigenvalue weighted by Crippen LogP contribution is 2.27. The van der Waals surface area contributed by atoms with Gasteiger partial charge in [-0.3, -0.25) is 9.59 Å². The summed E-state index contributed by atoms with van der Waals surface area (Å²) in [6.45, 7) is 1.14. The van der Waals surface area contributed by atoms with Crippen LogP contribution in [0.1, 0.15) is 18.1 Å². The van der Waals surface area contributed by atoms with Crippen molar-refractivity contribution in [3.05, 3.63) is 71.8 Å². The number of Topliss-reactive ketones (excluding diaryl/α,β-unsaturated/α-hetero) is 1. The molecule has 3 rings (SSSR count). The van der Waals surface area contributed by atoms with Crippen LogP contribution < -0.4 is 5.32 Å². The molecule has 1 N–H and O–H groups in total. The van der Waals surface area contributed by atoms with Gasteiger partial charge in [-0.05, 0) is 5.56 Å². The number of hydrogen-bond acceptors (Lipinski definition) is 5. The monoisotopic (exact) mass is 336 g/mol. The van der Waals surface area contributed by atoms with E-state index in [2.05, 4.69) is 10.5 Å². The number of ketones is 1. The van der Waals surface area contributed by atoms with E-state index in [4.69, 9.17) is 4.84 Å². The first kappa shape index (κ1) is 16.6. The van der Waals surface area contributed by atoms with Crippen LogP contribution in [0.15, 0.2) is 65.8 Å². The van der Waals surface area contributed by atoms with Crippen LogP contribution in [-0.2, 0) is 25.6 Å². The molecule has 0 saturated carbocycles. The number of hydrogen-bond donors (Lipinski definition) is 1. The van der Waals surface area contributed by atoms with Gasteiger partial charge in [0.25, 0.3) is 5.91 Å². The molecule has 2 aromatic carbocycles. The van der Waals surface area contributed by atoms with Crippen molar-refractivity contribution in [2.45, 2.75) is 18.9 Å². The number of carbonyl (C=O) groups is 3. The van der Waals surface area contributed by atoms with Gasteiger partial charge in [-0.1, -0.05) is 65.8 Å². The smallest absolute Gasteiger partial charge is 0.328 e. The number of benzene rings is 2. The average Bonchev–Trinajstić information content (AvgIpc) is 2.92. The lowest BCUT2D eigenvalue weighted by atomic mass is 9.83. The second-order valence-electron chi connectivity index (χ2n) is 5.76. The fourth-order valence-corrected chi connectivity index (χ4v) is 2.73. The maximum Gasteiger partial charge on any atom is 0.366 e. The van der Waals surface area contributed by atoms with Gasteiger partial charge < -0.3 is 10.2 Å². The molecule has 0 bridgehead atoms. The van der Waals surface area contributed by atoms with Gasteiger partial charge in [0.05, 0.1) is 0 Å². The predicted octanol–water partition coefficient (Wildman–Crippen LogP) is 1.63. The zero-order chi connectivity index (χ0) is 17.9. The molecule has 0 aromatic heterocycles. The van der Waals surface area contributed by atoms with Crippen molar-refractivity contribution in [2.75, 3.05) is 0 Å². The molecule has 1 aliphatic heterocycles. The van der Waals surface area contributed by atoms with Gasteiger partial charge in [0, 0.05) is 18.9 Å². The van der Waals surface area contributed by atoms with Crippen LogP contribution in [0.25, 0.3) is 0 Å². The van der Waals surface area contributed by atoms with Gasteiger partial charge in [-0.25, -0.2) is 4.79 Å². The van der Waals surface area contributed by atoms with E-state index in [9.17, 15) is 14.4 Å². The normalized spacial score (nSPS) is 19.1. The number of carbonyl (C=O) groups excluding carboxylic acids is 3. The average molecular weight is 336 g/mol. The Morgan fingerprint density at radius 1 is 1.04 bits per heavy atom. The molecule has 25 heavy (non-hydrogen) atoms. The maximum atomic E-state index is 12.6. The van der Waals surface area contributed by atoms with Crippen LogP contribution in [0, 0.1) is 0 Å². The lowest BCUT2D eigenvalue weighted by Crippen LogP contribution is -2.60. The summed E-state index contributed by atoms with van der Waals surface area (Å²) < 4.78 is 0. The lowest BCUT2D eigenvalue weighted by Gasteiger charge is -2.27. The minimum atomic E-state index is -1.55. The molecule has 6 heteroatoms. The number of oxime groups is 1. The van der Waals surface area contributed by atoms with E-state index in [1.165, 1.54) is 0 Å². The summed E-state index contributed by atoms with van der Waals surface area (Å²) >= 11 is 0. The highest BCUT2D eigenvalue weighted by atomic mass is 16.7. The maximum absolute atomic E-state index is 12.6. The molecule has 1 unspecified atom stereocenters. The molecule has 0 aliphatic carbocycles.